The molecule has 1 aliphatic rings. The van der Waals surface area contributed by atoms with Crippen LogP contribution in [0.15, 0.2) is 0 Å². The maximum absolute atomic E-state index is 11.3. The third-order valence-electron chi connectivity index (χ3n) is 1.98. The number of hydrogen-bond acceptors (Lipinski definition) is 3. The van der Waals surface area contributed by atoms with Gasteiger partial charge >= 0.3 is 0 Å². The van der Waals surface area contributed by atoms with Crippen molar-refractivity contribution in [2.75, 3.05) is 26.9 Å². The predicted molar refractivity (Wildman–Crippen MR) is 40.8 cm³/mol. The van der Waals surface area contributed by atoms with Crippen LogP contribution in [-0.2, 0) is 9.53 Å². The highest BCUT2D eigenvalue weighted by Gasteiger charge is 2.29. The summed E-state index contributed by atoms with van der Waals surface area (Å²) in [6.45, 7) is 1.64. The minimum atomic E-state index is 0.0325. The molecule has 11 heavy (non-hydrogen) atoms. The molecule has 0 bridgehead atoms. The van der Waals surface area contributed by atoms with Gasteiger partial charge in [-0.3, -0.25) is 4.79 Å². The van der Waals surface area contributed by atoms with E-state index in [1.165, 1.54) is 0 Å². The van der Waals surface area contributed by atoms with Crippen LogP contribution in [0, 0.1) is 5.92 Å². The molecule has 1 atom stereocenters. The van der Waals surface area contributed by atoms with Gasteiger partial charge in [0.15, 0.2) is 0 Å². The second-order valence-corrected chi connectivity index (χ2v) is 2.74. The number of hydrogen-bond donors (Lipinski definition) is 1. The molecule has 0 aliphatic carbocycles. The summed E-state index contributed by atoms with van der Waals surface area (Å²) >= 11 is 0. The number of methoxy groups -OCH3 is 1. The average molecular weight is 158 g/mol. The van der Waals surface area contributed by atoms with E-state index in [-0.39, 0.29) is 11.8 Å². The molecule has 4 heteroatoms. The van der Waals surface area contributed by atoms with Gasteiger partial charge in [-0.1, -0.05) is 0 Å². The summed E-state index contributed by atoms with van der Waals surface area (Å²) in [6, 6.07) is 0. The molecule has 0 spiro atoms. The zero-order valence-corrected chi connectivity index (χ0v) is 6.75. The van der Waals surface area contributed by atoms with Crippen LogP contribution in [0.25, 0.3) is 0 Å². The van der Waals surface area contributed by atoms with Crippen LogP contribution in [0.2, 0.25) is 0 Å². The lowest BCUT2D eigenvalue weighted by Gasteiger charge is -2.14. The Bertz CT molecular complexity index is 149. The molecule has 1 saturated heterocycles. The van der Waals surface area contributed by atoms with Crippen LogP contribution in [0.5, 0.6) is 0 Å². The minimum absolute atomic E-state index is 0.0325. The van der Waals surface area contributed by atoms with E-state index < -0.39 is 0 Å². The normalized spacial score (nSPS) is 24.7. The van der Waals surface area contributed by atoms with Crippen molar-refractivity contribution in [3.8, 4) is 0 Å². The summed E-state index contributed by atoms with van der Waals surface area (Å²) in [5.74, 6) is 0.166. The third-order valence-corrected chi connectivity index (χ3v) is 1.98. The molecule has 1 heterocycles. The number of nitrogens with zero attached hydrogens (tertiary/aromatic N) is 1. The molecular formula is C7H14N2O2. The fourth-order valence-electron chi connectivity index (χ4n) is 1.31. The number of nitrogens with two attached hydrogens (primary N) is 1. The number of likely N-dealkylation sites (tertiary alicyclic amines) is 1. The lowest BCUT2D eigenvalue weighted by atomic mass is 10.1. The first kappa shape index (κ1) is 8.49. The van der Waals surface area contributed by atoms with Crippen LogP contribution < -0.4 is 5.73 Å². The number of amides is 1. The van der Waals surface area contributed by atoms with Crippen molar-refractivity contribution in [3.63, 3.8) is 0 Å². The zero-order chi connectivity index (χ0) is 8.27. The van der Waals surface area contributed by atoms with E-state index in [4.69, 9.17) is 10.5 Å². The average Bonchev–Trinajstić information content (AvgIpc) is 2.34. The lowest BCUT2D eigenvalue weighted by Crippen LogP contribution is -2.31. The first-order valence-corrected chi connectivity index (χ1v) is 3.77. The van der Waals surface area contributed by atoms with Crippen LogP contribution >= 0.6 is 0 Å². The van der Waals surface area contributed by atoms with E-state index >= 15 is 0 Å². The van der Waals surface area contributed by atoms with Crippen molar-refractivity contribution in [1.29, 1.82) is 0 Å². The number of carbonyl (C=O) groups excluding carboxylic acids is 1. The summed E-state index contributed by atoms with van der Waals surface area (Å²) in [4.78, 5) is 13.0. The van der Waals surface area contributed by atoms with Crippen molar-refractivity contribution in [1.82, 2.24) is 4.90 Å². The van der Waals surface area contributed by atoms with Gasteiger partial charge in [-0.15, -0.1) is 0 Å². The second kappa shape index (κ2) is 3.69. The topological polar surface area (TPSA) is 55.6 Å². The smallest absolute Gasteiger partial charge is 0.228 e. The fourth-order valence-corrected chi connectivity index (χ4v) is 1.31. The lowest BCUT2D eigenvalue weighted by molar-refractivity contribution is -0.134. The Morgan fingerprint density at radius 3 is 3.00 bits per heavy atom. The van der Waals surface area contributed by atoms with E-state index in [1.54, 1.807) is 12.0 Å². The quantitative estimate of drug-likeness (QED) is 0.596. The molecule has 1 unspecified atom stereocenters. The van der Waals surface area contributed by atoms with Crippen molar-refractivity contribution in [2.24, 2.45) is 11.7 Å². The Morgan fingerprint density at radius 1 is 1.82 bits per heavy atom. The summed E-state index contributed by atoms with van der Waals surface area (Å²) in [5.41, 5.74) is 5.39. The van der Waals surface area contributed by atoms with Gasteiger partial charge in [0.05, 0.1) is 5.92 Å². The van der Waals surface area contributed by atoms with Crippen LogP contribution in [0.4, 0.5) is 0 Å². The Labute approximate surface area is 66.3 Å². The molecular weight excluding hydrogens is 144 g/mol. The van der Waals surface area contributed by atoms with Crippen molar-refractivity contribution >= 4 is 5.91 Å². The van der Waals surface area contributed by atoms with Gasteiger partial charge < -0.3 is 15.4 Å². The second-order valence-electron chi connectivity index (χ2n) is 2.74. The highest BCUT2D eigenvalue weighted by molar-refractivity contribution is 5.80. The highest BCUT2D eigenvalue weighted by Crippen LogP contribution is 2.15. The summed E-state index contributed by atoms with van der Waals surface area (Å²) in [7, 11) is 1.59. The standard InChI is InChI=1S/C7H14N2O2/c1-11-5-9-3-2-6(4-8)7(9)10/h6H,2-5,8H2,1H3. The Hall–Kier alpha value is -0.610. The molecule has 4 nitrogen and oxygen atoms in total. The Morgan fingerprint density at radius 2 is 2.55 bits per heavy atom. The molecule has 0 aromatic carbocycles. The van der Waals surface area contributed by atoms with Gasteiger partial charge in [0.2, 0.25) is 5.91 Å². The van der Waals surface area contributed by atoms with Crippen molar-refractivity contribution in [3.05, 3.63) is 0 Å². The molecule has 64 valence electrons. The van der Waals surface area contributed by atoms with Crippen molar-refractivity contribution in [2.45, 2.75) is 6.42 Å². The van der Waals surface area contributed by atoms with E-state index in [9.17, 15) is 4.79 Å². The molecule has 1 rings (SSSR count). The van der Waals surface area contributed by atoms with Gasteiger partial charge in [0.25, 0.3) is 0 Å². The van der Waals surface area contributed by atoms with Gasteiger partial charge in [0.1, 0.15) is 6.73 Å². The molecule has 1 aliphatic heterocycles. The molecule has 2 N–H and O–H groups in total. The summed E-state index contributed by atoms with van der Waals surface area (Å²) < 4.78 is 4.85. The first-order valence-electron chi connectivity index (χ1n) is 3.77. The van der Waals surface area contributed by atoms with Crippen molar-refractivity contribution < 1.29 is 9.53 Å². The van der Waals surface area contributed by atoms with Gasteiger partial charge in [-0.05, 0) is 6.42 Å². The number of carbonyl (C=O) groups is 1. The Kier molecular flexibility index (Phi) is 2.84. The SMILES string of the molecule is COCN1CCC(CN)C1=O. The van der Waals surface area contributed by atoms with Crippen LogP contribution in [-0.4, -0.2) is 37.7 Å². The predicted octanol–water partition coefficient (Wildman–Crippen LogP) is -0.602. The molecule has 0 aromatic rings. The maximum Gasteiger partial charge on any atom is 0.228 e. The summed E-state index contributed by atoms with van der Waals surface area (Å²) in [5, 5.41) is 0. The van der Waals surface area contributed by atoms with Gasteiger partial charge in [0, 0.05) is 20.2 Å². The molecule has 0 radical (unpaired) electrons. The van der Waals surface area contributed by atoms with Gasteiger partial charge in [-0.2, -0.15) is 0 Å². The van der Waals surface area contributed by atoms with Crippen LogP contribution in [0.3, 0.4) is 0 Å². The van der Waals surface area contributed by atoms with Crippen LogP contribution in [0.1, 0.15) is 6.42 Å². The molecule has 0 aromatic heterocycles. The van der Waals surface area contributed by atoms with E-state index in [2.05, 4.69) is 0 Å². The fraction of sp³-hybridized carbons (Fsp3) is 0.857. The van der Waals surface area contributed by atoms with E-state index in [1.807, 2.05) is 0 Å². The molecule has 1 amide bonds. The number of rotatable bonds is 3. The molecule has 0 saturated carbocycles. The zero-order valence-electron chi connectivity index (χ0n) is 6.75. The van der Waals surface area contributed by atoms with E-state index in [0.29, 0.717) is 13.3 Å². The molecule has 1 fully saturated rings. The largest absolute Gasteiger partial charge is 0.364 e. The van der Waals surface area contributed by atoms with Gasteiger partial charge in [-0.25, -0.2) is 0 Å². The van der Waals surface area contributed by atoms with E-state index in [0.717, 1.165) is 13.0 Å². The Balaban J connectivity index is 2.42. The minimum Gasteiger partial charge on any atom is -0.364 e. The maximum atomic E-state index is 11.3. The number of ether oxygens (including phenoxy) is 1. The highest BCUT2D eigenvalue weighted by atomic mass is 16.5. The third kappa shape index (κ3) is 1.70. The first-order chi connectivity index (χ1) is 5.29. The summed E-state index contributed by atoms with van der Waals surface area (Å²) in [6.07, 6.45) is 0.874. The monoisotopic (exact) mass is 158 g/mol.